The van der Waals surface area contributed by atoms with E-state index >= 15 is 0 Å². The smallest absolute Gasteiger partial charge is 0.0674 e. The van der Waals surface area contributed by atoms with Gasteiger partial charge in [0.15, 0.2) is 0 Å². The minimum Gasteiger partial charge on any atom is -0.376 e. The lowest BCUT2D eigenvalue weighted by Crippen LogP contribution is -2.48. The Morgan fingerprint density at radius 2 is 2.31 bits per heavy atom. The van der Waals surface area contributed by atoms with Gasteiger partial charge in [0.2, 0.25) is 0 Å². The quantitative estimate of drug-likeness (QED) is 0.710. The molecule has 0 aromatic carbocycles. The molecule has 0 aromatic rings. The average Bonchev–Trinajstić information content (AvgIpc) is 2.15. The van der Waals surface area contributed by atoms with E-state index in [1.54, 1.807) is 0 Å². The SMILES string of the molecule is CCC1COC(C)CN1CCCBr. The van der Waals surface area contributed by atoms with Gasteiger partial charge in [0.25, 0.3) is 0 Å². The third-order valence-electron chi connectivity index (χ3n) is 2.63. The van der Waals surface area contributed by atoms with Crippen molar-refractivity contribution in [3.63, 3.8) is 0 Å². The van der Waals surface area contributed by atoms with E-state index in [1.807, 2.05) is 0 Å². The van der Waals surface area contributed by atoms with Gasteiger partial charge in [-0.25, -0.2) is 0 Å². The first kappa shape index (κ1) is 11.5. The molecule has 0 radical (unpaired) electrons. The second-order valence-electron chi connectivity index (χ2n) is 3.74. The van der Waals surface area contributed by atoms with Crippen LogP contribution in [-0.2, 0) is 4.74 Å². The van der Waals surface area contributed by atoms with Crippen molar-refractivity contribution in [2.45, 2.75) is 38.8 Å². The first-order chi connectivity index (χ1) is 6.27. The lowest BCUT2D eigenvalue weighted by atomic mass is 10.1. The summed E-state index contributed by atoms with van der Waals surface area (Å²) in [4.78, 5) is 2.56. The summed E-state index contributed by atoms with van der Waals surface area (Å²) >= 11 is 3.48. The van der Waals surface area contributed by atoms with Crippen LogP contribution in [-0.4, -0.2) is 42.1 Å². The van der Waals surface area contributed by atoms with E-state index in [1.165, 1.54) is 19.4 Å². The number of hydrogen-bond donors (Lipinski definition) is 0. The lowest BCUT2D eigenvalue weighted by molar-refractivity contribution is -0.0554. The zero-order chi connectivity index (χ0) is 9.68. The van der Waals surface area contributed by atoms with Crippen LogP contribution in [0.4, 0.5) is 0 Å². The Morgan fingerprint density at radius 1 is 1.54 bits per heavy atom. The Bertz CT molecular complexity index is 143. The van der Waals surface area contributed by atoms with Gasteiger partial charge in [-0.05, 0) is 26.3 Å². The maximum absolute atomic E-state index is 5.64. The van der Waals surface area contributed by atoms with E-state index in [9.17, 15) is 0 Å². The zero-order valence-electron chi connectivity index (χ0n) is 8.63. The monoisotopic (exact) mass is 249 g/mol. The molecule has 1 rings (SSSR count). The highest BCUT2D eigenvalue weighted by Gasteiger charge is 2.24. The highest BCUT2D eigenvalue weighted by atomic mass is 79.9. The first-order valence-electron chi connectivity index (χ1n) is 5.19. The standard InChI is InChI=1S/C10H20BrNO/c1-3-10-8-13-9(2)7-12(10)6-4-5-11/h9-10H,3-8H2,1-2H3. The second-order valence-corrected chi connectivity index (χ2v) is 4.54. The molecule has 0 saturated carbocycles. The van der Waals surface area contributed by atoms with E-state index in [0.29, 0.717) is 12.1 Å². The van der Waals surface area contributed by atoms with Crippen LogP contribution in [0, 0.1) is 0 Å². The average molecular weight is 250 g/mol. The molecule has 78 valence electrons. The number of ether oxygens (including phenoxy) is 1. The van der Waals surface area contributed by atoms with Crippen LogP contribution < -0.4 is 0 Å². The van der Waals surface area contributed by atoms with Crippen molar-refractivity contribution in [2.75, 3.05) is 25.0 Å². The Kier molecular flexibility index (Phi) is 5.29. The molecule has 2 atom stereocenters. The van der Waals surface area contributed by atoms with Gasteiger partial charge in [-0.2, -0.15) is 0 Å². The fourth-order valence-corrected chi connectivity index (χ4v) is 2.08. The van der Waals surface area contributed by atoms with Crippen LogP contribution in [0.5, 0.6) is 0 Å². The Hall–Kier alpha value is 0.400. The van der Waals surface area contributed by atoms with E-state index in [-0.39, 0.29) is 0 Å². The van der Waals surface area contributed by atoms with E-state index < -0.39 is 0 Å². The molecule has 0 spiro atoms. The summed E-state index contributed by atoms with van der Waals surface area (Å²) in [5.74, 6) is 0. The fourth-order valence-electron chi connectivity index (χ4n) is 1.83. The van der Waals surface area contributed by atoms with Crippen LogP contribution in [0.25, 0.3) is 0 Å². The summed E-state index contributed by atoms with van der Waals surface area (Å²) in [7, 11) is 0. The molecule has 1 saturated heterocycles. The van der Waals surface area contributed by atoms with Gasteiger partial charge in [0.1, 0.15) is 0 Å². The van der Waals surface area contributed by atoms with Gasteiger partial charge in [0, 0.05) is 17.9 Å². The molecule has 13 heavy (non-hydrogen) atoms. The van der Waals surface area contributed by atoms with Crippen molar-refractivity contribution in [2.24, 2.45) is 0 Å². The van der Waals surface area contributed by atoms with Crippen molar-refractivity contribution in [1.82, 2.24) is 4.90 Å². The van der Waals surface area contributed by atoms with Crippen LogP contribution in [0.3, 0.4) is 0 Å². The minimum absolute atomic E-state index is 0.415. The van der Waals surface area contributed by atoms with Gasteiger partial charge in [-0.15, -0.1) is 0 Å². The molecule has 1 heterocycles. The van der Waals surface area contributed by atoms with E-state index in [0.717, 1.165) is 18.5 Å². The molecule has 2 nitrogen and oxygen atoms in total. The lowest BCUT2D eigenvalue weighted by Gasteiger charge is -2.38. The Labute approximate surface area is 89.8 Å². The molecule has 0 aliphatic carbocycles. The molecule has 2 unspecified atom stereocenters. The second kappa shape index (κ2) is 5.99. The van der Waals surface area contributed by atoms with Crippen molar-refractivity contribution in [1.29, 1.82) is 0 Å². The van der Waals surface area contributed by atoms with Crippen LogP contribution in [0.15, 0.2) is 0 Å². The van der Waals surface area contributed by atoms with Crippen molar-refractivity contribution in [3.8, 4) is 0 Å². The van der Waals surface area contributed by atoms with Gasteiger partial charge in [0.05, 0.1) is 12.7 Å². The Morgan fingerprint density at radius 3 is 2.92 bits per heavy atom. The number of nitrogens with zero attached hydrogens (tertiary/aromatic N) is 1. The maximum atomic E-state index is 5.64. The summed E-state index contributed by atoms with van der Waals surface area (Å²) in [5, 5.41) is 1.11. The van der Waals surface area contributed by atoms with Crippen molar-refractivity contribution in [3.05, 3.63) is 0 Å². The molecule has 0 bridgehead atoms. The highest BCUT2D eigenvalue weighted by molar-refractivity contribution is 9.09. The van der Waals surface area contributed by atoms with Crippen molar-refractivity contribution < 1.29 is 4.74 Å². The highest BCUT2D eigenvalue weighted by Crippen LogP contribution is 2.14. The van der Waals surface area contributed by atoms with Gasteiger partial charge < -0.3 is 4.74 Å². The number of halogens is 1. The van der Waals surface area contributed by atoms with Gasteiger partial charge in [-0.3, -0.25) is 4.90 Å². The number of hydrogen-bond acceptors (Lipinski definition) is 2. The summed E-state index contributed by atoms with van der Waals surface area (Å²) < 4.78 is 5.64. The summed E-state index contributed by atoms with van der Waals surface area (Å²) in [6.07, 6.45) is 2.86. The summed E-state index contributed by atoms with van der Waals surface area (Å²) in [6.45, 7) is 7.63. The van der Waals surface area contributed by atoms with Gasteiger partial charge >= 0.3 is 0 Å². The molecule has 3 heteroatoms. The number of alkyl halides is 1. The van der Waals surface area contributed by atoms with Gasteiger partial charge in [-0.1, -0.05) is 22.9 Å². The molecule has 1 fully saturated rings. The fraction of sp³-hybridized carbons (Fsp3) is 1.00. The van der Waals surface area contributed by atoms with Crippen LogP contribution in [0.1, 0.15) is 26.7 Å². The molecular formula is C10H20BrNO. The summed E-state index contributed by atoms with van der Waals surface area (Å²) in [6, 6.07) is 0.648. The molecule has 0 amide bonds. The molecular weight excluding hydrogens is 230 g/mol. The molecule has 1 aliphatic heterocycles. The minimum atomic E-state index is 0.415. The Balaban J connectivity index is 2.35. The topological polar surface area (TPSA) is 12.5 Å². The predicted octanol–water partition coefficient (Wildman–Crippen LogP) is 2.27. The van der Waals surface area contributed by atoms with Crippen molar-refractivity contribution >= 4 is 15.9 Å². The normalized spacial score (nSPS) is 30.7. The molecule has 1 aliphatic rings. The predicted molar refractivity (Wildman–Crippen MR) is 59.5 cm³/mol. The molecule has 0 N–H and O–H groups in total. The molecule has 0 aromatic heterocycles. The number of morpholine rings is 1. The van der Waals surface area contributed by atoms with E-state index in [4.69, 9.17) is 4.74 Å². The zero-order valence-corrected chi connectivity index (χ0v) is 10.2. The van der Waals surface area contributed by atoms with Crippen LogP contribution in [0.2, 0.25) is 0 Å². The number of rotatable bonds is 4. The third-order valence-corrected chi connectivity index (χ3v) is 3.19. The van der Waals surface area contributed by atoms with E-state index in [2.05, 4.69) is 34.7 Å². The first-order valence-corrected chi connectivity index (χ1v) is 6.31. The largest absolute Gasteiger partial charge is 0.376 e. The van der Waals surface area contributed by atoms with Crippen LogP contribution >= 0.6 is 15.9 Å². The third kappa shape index (κ3) is 3.56. The summed E-state index contributed by atoms with van der Waals surface area (Å²) in [5.41, 5.74) is 0. The maximum Gasteiger partial charge on any atom is 0.0674 e.